The standard InChI is InChI=1S/C18H34O2/c1-2-3-4-5-6-7-8-9-10-11-12-13-14-15-16-17-18(19)20/h7-8H,2-6,9-17H2,1H3,(H,19,20)/i6+1,9+1,10+1,16+1,17+1,18+1. The number of hydrogen-bond acceptors (Lipinski definition) is 1. The molecule has 0 unspecified atom stereocenters. The normalized spacial score (nSPS) is 11.2. The Morgan fingerprint density at radius 2 is 1.20 bits per heavy atom. The maximum Gasteiger partial charge on any atom is 0.303 e. The Balaban J connectivity index is 3.05. The smallest absolute Gasteiger partial charge is 0.303 e. The van der Waals surface area contributed by atoms with Gasteiger partial charge in [-0.15, -0.1) is 0 Å². The molecular formula is C18H34O2. The lowest BCUT2D eigenvalue weighted by atomic mass is 10.2. The first-order chi connectivity index (χ1) is 9.77. The van der Waals surface area contributed by atoms with Crippen molar-refractivity contribution in [3.63, 3.8) is 0 Å². The molecule has 0 radical (unpaired) electrons. The number of aliphatic carboxylic acids is 1. The van der Waals surface area contributed by atoms with Gasteiger partial charge in [-0.3, -0.25) is 4.79 Å². The molecule has 0 aliphatic rings. The quantitative estimate of drug-likeness (QED) is 0.224. The zero-order valence-corrected chi connectivity index (χ0v) is 13.4. The van der Waals surface area contributed by atoms with Crippen molar-refractivity contribution in [3.05, 3.63) is 12.2 Å². The van der Waals surface area contributed by atoms with Crippen LogP contribution in [0.25, 0.3) is 0 Å². The minimum Gasteiger partial charge on any atom is -0.481 e. The maximum absolute atomic E-state index is 10.3. The number of carboxylic acids is 1. The Morgan fingerprint density at radius 3 is 1.70 bits per heavy atom. The summed E-state index contributed by atoms with van der Waals surface area (Å²) in [6.07, 6.45) is 21.2. The second-order valence-corrected chi connectivity index (χ2v) is 5.73. The number of carboxylic acid groups (broad SMARTS) is 1. The zero-order chi connectivity index (χ0) is 14.9. The first-order valence-electron chi connectivity index (χ1n) is 8.64. The summed E-state index contributed by atoms with van der Waals surface area (Å²) in [7, 11) is 0. The van der Waals surface area contributed by atoms with Crippen LogP contribution in [0.4, 0.5) is 0 Å². The van der Waals surface area contributed by atoms with Gasteiger partial charge in [0.1, 0.15) is 0 Å². The second-order valence-electron chi connectivity index (χ2n) is 5.73. The molecule has 0 amide bonds. The summed E-state index contributed by atoms with van der Waals surface area (Å²) in [5, 5.41) is 8.51. The Bertz CT molecular complexity index is 234. The number of rotatable bonds is 15. The van der Waals surface area contributed by atoms with E-state index in [1.807, 2.05) is 0 Å². The highest BCUT2D eigenvalue weighted by Crippen LogP contribution is 2.10. The van der Waals surface area contributed by atoms with Crippen LogP contribution in [0.5, 0.6) is 0 Å². The van der Waals surface area contributed by atoms with Crippen LogP contribution in [-0.2, 0) is 4.79 Å². The van der Waals surface area contributed by atoms with Gasteiger partial charge in [0, 0.05) is 6.42 Å². The topological polar surface area (TPSA) is 37.3 Å². The van der Waals surface area contributed by atoms with E-state index >= 15 is 0 Å². The first-order valence-corrected chi connectivity index (χ1v) is 8.64. The molecule has 0 bridgehead atoms. The predicted octanol–water partition coefficient (Wildman–Crippen LogP) is 6.11. The van der Waals surface area contributed by atoms with Gasteiger partial charge in [0.2, 0.25) is 0 Å². The minimum absolute atomic E-state index is 0.336. The lowest BCUT2D eigenvalue weighted by Gasteiger charge is -2.00. The highest BCUT2D eigenvalue weighted by molar-refractivity contribution is 5.66. The van der Waals surface area contributed by atoms with Gasteiger partial charge in [0.05, 0.1) is 0 Å². The predicted molar refractivity (Wildman–Crippen MR) is 87.1 cm³/mol. The molecule has 1 N–H and O–H groups in total. The van der Waals surface area contributed by atoms with Crippen molar-refractivity contribution >= 4 is 5.97 Å². The van der Waals surface area contributed by atoms with Crippen LogP contribution in [0.2, 0.25) is 0 Å². The molecule has 0 fully saturated rings. The molecule has 0 spiro atoms. The molecule has 0 aliphatic carbocycles. The first kappa shape index (κ1) is 19.2. The van der Waals surface area contributed by atoms with Gasteiger partial charge in [0.15, 0.2) is 0 Å². The molecule has 2 heteroatoms. The van der Waals surface area contributed by atoms with E-state index in [1.54, 1.807) is 0 Å². The molecule has 0 saturated carbocycles. The van der Waals surface area contributed by atoms with E-state index in [-0.39, 0.29) is 0 Å². The lowest BCUT2D eigenvalue weighted by molar-refractivity contribution is -0.137. The summed E-state index contributed by atoms with van der Waals surface area (Å²) in [6, 6.07) is 0. The number of carbonyl (C=O) groups is 1. The van der Waals surface area contributed by atoms with E-state index in [0.29, 0.717) is 6.42 Å². The van der Waals surface area contributed by atoms with Crippen LogP contribution >= 0.6 is 0 Å². The lowest BCUT2D eigenvalue weighted by Crippen LogP contribution is -1.93. The van der Waals surface area contributed by atoms with Gasteiger partial charge in [-0.1, -0.05) is 70.4 Å². The van der Waals surface area contributed by atoms with Crippen molar-refractivity contribution in [1.29, 1.82) is 0 Å². The van der Waals surface area contributed by atoms with Crippen LogP contribution in [0, 0.1) is 0 Å². The summed E-state index contributed by atoms with van der Waals surface area (Å²) in [5.74, 6) is -0.661. The van der Waals surface area contributed by atoms with Crippen LogP contribution in [0.1, 0.15) is 96.8 Å². The highest BCUT2D eigenvalue weighted by Gasteiger charge is 1.96. The van der Waals surface area contributed by atoms with E-state index in [4.69, 9.17) is 5.11 Å². The number of unbranched alkanes of at least 4 members (excludes halogenated alkanes) is 11. The van der Waals surface area contributed by atoms with E-state index in [2.05, 4.69) is 19.1 Å². The maximum atomic E-state index is 10.3. The summed E-state index contributed by atoms with van der Waals surface area (Å²) in [6.45, 7) is 2.25. The van der Waals surface area contributed by atoms with E-state index < -0.39 is 5.97 Å². The van der Waals surface area contributed by atoms with Crippen molar-refractivity contribution in [2.24, 2.45) is 0 Å². The van der Waals surface area contributed by atoms with Crippen LogP contribution < -0.4 is 0 Å². The van der Waals surface area contributed by atoms with E-state index in [9.17, 15) is 4.79 Å². The monoisotopic (exact) mass is 288 g/mol. The van der Waals surface area contributed by atoms with Gasteiger partial charge in [-0.05, 0) is 32.1 Å². The zero-order valence-electron chi connectivity index (χ0n) is 13.4. The molecule has 0 rings (SSSR count). The van der Waals surface area contributed by atoms with Gasteiger partial charge in [-0.2, -0.15) is 0 Å². The third-order valence-corrected chi connectivity index (χ3v) is 3.65. The summed E-state index contributed by atoms with van der Waals surface area (Å²) in [4.78, 5) is 10.3. The average Bonchev–Trinajstić information content (AvgIpc) is 2.43. The fourth-order valence-corrected chi connectivity index (χ4v) is 2.35. The van der Waals surface area contributed by atoms with Crippen molar-refractivity contribution < 1.29 is 9.90 Å². The number of hydrogen-bond donors (Lipinski definition) is 1. The Labute approximate surface area is 125 Å². The van der Waals surface area contributed by atoms with Crippen LogP contribution in [-0.4, -0.2) is 11.1 Å². The SMILES string of the molecule is CCCCC[13CH2]C=C[13CH2][13CH2]CCCCC[13CH2][13CH2][13C](=O)O. The van der Waals surface area contributed by atoms with Gasteiger partial charge in [0.25, 0.3) is 0 Å². The van der Waals surface area contributed by atoms with E-state index in [1.165, 1.54) is 70.6 Å². The fraction of sp³-hybridized carbons (Fsp3) is 0.833. The summed E-state index contributed by atoms with van der Waals surface area (Å²) < 4.78 is 0. The molecule has 0 saturated heterocycles. The molecule has 118 valence electrons. The third kappa shape index (κ3) is 17.2. The molecule has 20 heavy (non-hydrogen) atoms. The molecular weight excluding hydrogens is 254 g/mol. The second kappa shape index (κ2) is 16.3. The summed E-state index contributed by atoms with van der Waals surface area (Å²) in [5.41, 5.74) is 0. The largest absolute Gasteiger partial charge is 0.481 e. The molecule has 2 nitrogen and oxygen atoms in total. The van der Waals surface area contributed by atoms with Crippen molar-refractivity contribution in [2.75, 3.05) is 0 Å². The Kier molecular flexibility index (Phi) is 15.6. The molecule has 0 aliphatic heterocycles. The van der Waals surface area contributed by atoms with Crippen molar-refractivity contribution in [2.45, 2.75) is 96.8 Å². The molecule has 0 aromatic carbocycles. The van der Waals surface area contributed by atoms with Gasteiger partial charge < -0.3 is 5.11 Å². The van der Waals surface area contributed by atoms with E-state index in [0.717, 1.165) is 12.8 Å². The van der Waals surface area contributed by atoms with Gasteiger partial charge >= 0.3 is 5.97 Å². The molecule has 0 aromatic heterocycles. The van der Waals surface area contributed by atoms with Crippen molar-refractivity contribution in [1.82, 2.24) is 0 Å². The molecule has 0 atom stereocenters. The third-order valence-electron chi connectivity index (χ3n) is 3.65. The molecule has 0 aromatic rings. The Hall–Kier alpha value is -0.790. The minimum atomic E-state index is -0.661. The molecule has 0 heterocycles. The number of allylic oxidation sites excluding steroid dienone is 2. The Morgan fingerprint density at radius 1 is 0.750 bits per heavy atom. The highest BCUT2D eigenvalue weighted by atomic mass is 16.5. The summed E-state index contributed by atoms with van der Waals surface area (Å²) >= 11 is 0. The van der Waals surface area contributed by atoms with Crippen LogP contribution in [0.3, 0.4) is 0 Å². The average molecular weight is 288 g/mol. The van der Waals surface area contributed by atoms with Crippen molar-refractivity contribution in [3.8, 4) is 0 Å². The van der Waals surface area contributed by atoms with Crippen LogP contribution in [0.15, 0.2) is 12.2 Å². The van der Waals surface area contributed by atoms with Gasteiger partial charge in [-0.25, -0.2) is 0 Å². The fourth-order valence-electron chi connectivity index (χ4n) is 2.35.